The lowest BCUT2D eigenvalue weighted by Gasteiger charge is -2.26. The summed E-state index contributed by atoms with van der Waals surface area (Å²) >= 11 is 2.95. The average Bonchev–Trinajstić information content (AvgIpc) is 2.88. The molecule has 0 radical (unpaired) electrons. The second kappa shape index (κ2) is 4.49. The van der Waals surface area contributed by atoms with Crippen molar-refractivity contribution in [1.29, 1.82) is 0 Å². The number of fused-ring (bicyclic) bond motifs is 2. The third-order valence-electron chi connectivity index (χ3n) is 3.89. The first-order valence-electron chi connectivity index (χ1n) is 6.06. The predicted molar refractivity (Wildman–Crippen MR) is 69.1 cm³/mol. The van der Waals surface area contributed by atoms with Gasteiger partial charge in [-0.15, -0.1) is 0 Å². The van der Waals surface area contributed by atoms with Crippen LogP contribution in [-0.4, -0.2) is 25.3 Å². The van der Waals surface area contributed by atoms with Gasteiger partial charge in [-0.2, -0.15) is 4.31 Å². The van der Waals surface area contributed by atoms with Crippen LogP contribution in [0.1, 0.15) is 19.3 Å². The molecule has 1 saturated heterocycles. The van der Waals surface area contributed by atoms with Gasteiger partial charge >= 0.3 is 0 Å². The van der Waals surface area contributed by atoms with Gasteiger partial charge in [0.05, 0.1) is 0 Å². The minimum Gasteiger partial charge on any atom is -0.207 e. The third kappa shape index (κ3) is 2.11. The van der Waals surface area contributed by atoms with Crippen LogP contribution in [0, 0.1) is 17.6 Å². The molecule has 2 unspecified atom stereocenters. The predicted octanol–water partition coefficient (Wildman–Crippen LogP) is 2.90. The first-order chi connectivity index (χ1) is 8.89. The van der Waals surface area contributed by atoms with E-state index in [-0.39, 0.29) is 10.5 Å². The Morgan fingerprint density at radius 3 is 2.53 bits per heavy atom. The van der Waals surface area contributed by atoms with E-state index < -0.39 is 26.6 Å². The van der Waals surface area contributed by atoms with Crippen molar-refractivity contribution in [3.05, 3.63) is 28.2 Å². The van der Waals surface area contributed by atoms with E-state index in [1.54, 1.807) is 0 Å². The van der Waals surface area contributed by atoms with Crippen molar-refractivity contribution in [2.24, 2.45) is 5.92 Å². The zero-order valence-electron chi connectivity index (χ0n) is 9.94. The second-order valence-corrected chi connectivity index (χ2v) is 7.79. The van der Waals surface area contributed by atoms with Gasteiger partial charge in [-0.1, -0.05) is 0 Å². The molecular formula is C12H12BrF2NO2S. The van der Waals surface area contributed by atoms with Crippen LogP contribution in [0.2, 0.25) is 0 Å². The van der Waals surface area contributed by atoms with Crippen molar-refractivity contribution in [1.82, 2.24) is 4.31 Å². The highest BCUT2D eigenvalue weighted by molar-refractivity contribution is 9.10. The highest BCUT2D eigenvalue weighted by Crippen LogP contribution is 2.42. The standard InChI is InChI=1S/C12H12BrF2NO2S/c13-10-4-8(14)5-11(15)12(10)19(17,18)16-6-7-1-2-9(16)3-7/h4-5,7,9H,1-3,6H2. The highest BCUT2D eigenvalue weighted by Gasteiger charge is 2.45. The summed E-state index contributed by atoms with van der Waals surface area (Å²) in [5, 5.41) is 0. The molecule has 2 aliphatic rings. The number of hydrogen-bond acceptors (Lipinski definition) is 2. The number of sulfonamides is 1. The van der Waals surface area contributed by atoms with Crippen molar-refractivity contribution < 1.29 is 17.2 Å². The fourth-order valence-electron chi connectivity index (χ4n) is 3.07. The topological polar surface area (TPSA) is 37.4 Å². The van der Waals surface area contributed by atoms with Gasteiger partial charge in [0.15, 0.2) is 0 Å². The Balaban J connectivity index is 2.06. The van der Waals surface area contributed by atoms with Gasteiger partial charge < -0.3 is 0 Å². The molecule has 1 aromatic rings. The molecule has 0 N–H and O–H groups in total. The molecule has 19 heavy (non-hydrogen) atoms. The maximum absolute atomic E-state index is 13.8. The van der Waals surface area contributed by atoms with Gasteiger partial charge in [-0.3, -0.25) is 0 Å². The number of rotatable bonds is 2. The molecule has 3 rings (SSSR count). The zero-order valence-corrected chi connectivity index (χ0v) is 12.3. The SMILES string of the molecule is O=S(=O)(c1c(F)cc(F)cc1Br)N1CC2CCC1C2. The van der Waals surface area contributed by atoms with Crippen LogP contribution < -0.4 is 0 Å². The molecule has 0 aromatic heterocycles. The van der Waals surface area contributed by atoms with E-state index in [1.165, 1.54) is 4.31 Å². The van der Waals surface area contributed by atoms with Crippen LogP contribution in [0.4, 0.5) is 8.78 Å². The summed E-state index contributed by atoms with van der Waals surface area (Å²) in [5.41, 5.74) is 0. The van der Waals surface area contributed by atoms with E-state index >= 15 is 0 Å². The minimum absolute atomic E-state index is 0.0358. The number of hydrogen-bond donors (Lipinski definition) is 0. The lowest BCUT2D eigenvalue weighted by Crippen LogP contribution is -2.38. The van der Waals surface area contributed by atoms with Crippen molar-refractivity contribution >= 4 is 26.0 Å². The molecule has 104 valence electrons. The van der Waals surface area contributed by atoms with Crippen molar-refractivity contribution in [3.63, 3.8) is 0 Å². The van der Waals surface area contributed by atoms with E-state index in [2.05, 4.69) is 15.9 Å². The fourth-order valence-corrected chi connectivity index (χ4v) is 5.92. The highest BCUT2D eigenvalue weighted by atomic mass is 79.9. The van der Waals surface area contributed by atoms with Crippen LogP contribution in [-0.2, 0) is 10.0 Å². The lowest BCUT2D eigenvalue weighted by atomic mass is 10.1. The number of benzene rings is 1. The van der Waals surface area contributed by atoms with Gasteiger partial charge in [0.1, 0.15) is 16.5 Å². The van der Waals surface area contributed by atoms with Crippen molar-refractivity contribution in [3.8, 4) is 0 Å². The third-order valence-corrected chi connectivity index (χ3v) is 6.77. The summed E-state index contributed by atoms with van der Waals surface area (Å²) in [5.74, 6) is -1.47. The first kappa shape index (κ1) is 13.5. The summed E-state index contributed by atoms with van der Waals surface area (Å²) in [6.45, 7) is 0.441. The maximum Gasteiger partial charge on any atom is 0.247 e. The van der Waals surface area contributed by atoms with Crippen LogP contribution in [0.3, 0.4) is 0 Å². The number of halogens is 3. The fraction of sp³-hybridized carbons (Fsp3) is 0.500. The summed E-state index contributed by atoms with van der Waals surface area (Å²) in [7, 11) is -3.90. The molecule has 1 aliphatic carbocycles. The van der Waals surface area contributed by atoms with Crippen molar-refractivity contribution in [2.45, 2.75) is 30.2 Å². The largest absolute Gasteiger partial charge is 0.247 e. The molecule has 1 heterocycles. The van der Waals surface area contributed by atoms with E-state index in [0.717, 1.165) is 25.3 Å². The summed E-state index contributed by atoms with van der Waals surface area (Å²) in [6.07, 6.45) is 2.70. The number of piperidine rings is 1. The quantitative estimate of drug-likeness (QED) is 0.821. The molecule has 7 heteroatoms. The van der Waals surface area contributed by atoms with Gasteiger partial charge in [-0.25, -0.2) is 17.2 Å². The Morgan fingerprint density at radius 2 is 2.00 bits per heavy atom. The molecule has 2 atom stereocenters. The smallest absolute Gasteiger partial charge is 0.207 e. The Morgan fingerprint density at radius 1 is 1.26 bits per heavy atom. The second-order valence-electron chi connectivity index (χ2n) is 5.11. The van der Waals surface area contributed by atoms with E-state index in [4.69, 9.17) is 0 Å². The Bertz CT molecular complexity index is 612. The summed E-state index contributed by atoms with van der Waals surface area (Å²) in [6, 6.07) is 1.54. The monoisotopic (exact) mass is 351 g/mol. The molecular weight excluding hydrogens is 340 g/mol. The summed E-state index contributed by atoms with van der Waals surface area (Å²) in [4.78, 5) is -0.457. The summed E-state index contributed by atoms with van der Waals surface area (Å²) < 4.78 is 53.2. The average molecular weight is 352 g/mol. The first-order valence-corrected chi connectivity index (χ1v) is 8.29. The van der Waals surface area contributed by atoms with Crippen LogP contribution in [0.5, 0.6) is 0 Å². The molecule has 0 spiro atoms. The van der Waals surface area contributed by atoms with Gasteiger partial charge in [-0.05, 0) is 47.2 Å². The molecule has 1 aromatic carbocycles. The number of nitrogens with zero attached hydrogens (tertiary/aromatic N) is 1. The Hall–Kier alpha value is -0.530. The minimum atomic E-state index is -3.90. The molecule has 1 aliphatic heterocycles. The van der Waals surface area contributed by atoms with Gasteiger partial charge in [0.25, 0.3) is 0 Å². The van der Waals surface area contributed by atoms with Gasteiger partial charge in [0.2, 0.25) is 10.0 Å². The van der Waals surface area contributed by atoms with Crippen LogP contribution in [0.25, 0.3) is 0 Å². The van der Waals surface area contributed by atoms with E-state index in [9.17, 15) is 17.2 Å². The maximum atomic E-state index is 13.8. The Labute approximate surface area is 118 Å². The molecule has 0 amide bonds. The zero-order chi connectivity index (χ0) is 13.8. The molecule has 1 saturated carbocycles. The van der Waals surface area contributed by atoms with Crippen LogP contribution in [0.15, 0.2) is 21.5 Å². The molecule has 2 fully saturated rings. The Kier molecular flexibility index (Phi) is 3.18. The molecule has 2 bridgehead atoms. The van der Waals surface area contributed by atoms with Crippen molar-refractivity contribution in [2.75, 3.05) is 6.54 Å². The molecule has 3 nitrogen and oxygen atoms in total. The van der Waals surface area contributed by atoms with E-state index in [0.29, 0.717) is 18.5 Å². The van der Waals surface area contributed by atoms with E-state index in [1.807, 2.05) is 0 Å². The van der Waals surface area contributed by atoms with Gasteiger partial charge in [0, 0.05) is 23.1 Å². The normalized spacial score (nSPS) is 27.1. The van der Waals surface area contributed by atoms with Crippen LogP contribution >= 0.6 is 15.9 Å². The lowest BCUT2D eigenvalue weighted by molar-refractivity contribution is 0.331.